The van der Waals surface area contributed by atoms with Crippen LogP contribution in [-0.4, -0.2) is 58.4 Å². The minimum absolute atomic E-state index is 0.237. The third kappa shape index (κ3) is 3.44. The molecule has 23 heavy (non-hydrogen) atoms. The molecule has 0 radical (unpaired) electrons. The Morgan fingerprint density at radius 1 is 1.35 bits per heavy atom. The Balaban J connectivity index is 1.99. The summed E-state index contributed by atoms with van der Waals surface area (Å²) in [6, 6.07) is 1.61. The molecule has 0 spiro atoms. The number of morpholine rings is 1. The number of fused-ring (bicyclic) bond motifs is 1. The van der Waals surface area contributed by atoms with E-state index in [9.17, 15) is 14.7 Å². The molecule has 0 aromatic carbocycles. The molecule has 3 rings (SSSR count). The molecule has 1 aliphatic rings. The van der Waals surface area contributed by atoms with E-state index in [2.05, 4.69) is 25.8 Å². The van der Waals surface area contributed by atoms with Gasteiger partial charge in [-0.1, -0.05) is 0 Å². The van der Waals surface area contributed by atoms with E-state index in [4.69, 9.17) is 4.74 Å². The van der Waals surface area contributed by atoms with Gasteiger partial charge >= 0.3 is 5.97 Å². The Morgan fingerprint density at radius 2 is 2.09 bits per heavy atom. The molecule has 8 heteroatoms. The largest absolute Gasteiger partial charge is 0.477 e. The van der Waals surface area contributed by atoms with Gasteiger partial charge in [-0.25, -0.2) is 9.78 Å². The summed E-state index contributed by atoms with van der Waals surface area (Å²) in [6.07, 6.45) is 2.99. The fourth-order valence-corrected chi connectivity index (χ4v) is 2.98. The fraction of sp³-hybridized carbons (Fsp3) is 0.400. The minimum Gasteiger partial charge on any atom is -0.477 e. The Labute approximate surface area is 140 Å². The first-order valence-corrected chi connectivity index (χ1v) is 8.07. The third-order valence-electron chi connectivity index (χ3n) is 3.87. The van der Waals surface area contributed by atoms with Crippen molar-refractivity contribution in [2.24, 2.45) is 0 Å². The Bertz CT molecular complexity index is 799. The quantitative estimate of drug-likeness (QED) is 0.855. The van der Waals surface area contributed by atoms with Gasteiger partial charge in [-0.2, -0.15) is 0 Å². The number of hydrogen-bond donors (Lipinski definition) is 1. The van der Waals surface area contributed by atoms with Crippen LogP contribution >= 0.6 is 15.9 Å². The molecule has 1 fully saturated rings. The van der Waals surface area contributed by atoms with E-state index in [1.807, 2.05) is 0 Å². The molecular weight excluding hydrogens is 366 g/mol. The summed E-state index contributed by atoms with van der Waals surface area (Å²) in [4.78, 5) is 30.2. The zero-order chi connectivity index (χ0) is 16.4. The Morgan fingerprint density at radius 3 is 2.78 bits per heavy atom. The molecule has 122 valence electrons. The predicted molar refractivity (Wildman–Crippen MR) is 87.9 cm³/mol. The normalized spacial score (nSPS) is 15.9. The van der Waals surface area contributed by atoms with Crippen molar-refractivity contribution in [3.8, 4) is 0 Å². The number of nitrogens with zero attached hydrogens (tertiary/aromatic N) is 3. The van der Waals surface area contributed by atoms with Crippen LogP contribution in [-0.2, 0) is 11.3 Å². The smallest absolute Gasteiger partial charge is 0.341 e. The van der Waals surface area contributed by atoms with Gasteiger partial charge in [0.15, 0.2) is 0 Å². The highest BCUT2D eigenvalue weighted by molar-refractivity contribution is 9.10. The maximum absolute atomic E-state index is 12.3. The zero-order valence-corrected chi connectivity index (χ0v) is 14.0. The van der Waals surface area contributed by atoms with E-state index in [-0.39, 0.29) is 5.56 Å². The average molecular weight is 382 g/mol. The van der Waals surface area contributed by atoms with Gasteiger partial charge in [0.1, 0.15) is 11.2 Å². The molecule has 1 N–H and O–H groups in total. The minimum atomic E-state index is -1.23. The van der Waals surface area contributed by atoms with Crippen LogP contribution in [0.5, 0.6) is 0 Å². The lowest BCUT2D eigenvalue weighted by Gasteiger charge is -2.27. The number of carboxylic acid groups (broad SMARTS) is 1. The molecule has 0 unspecified atom stereocenters. The van der Waals surface area contributed by atoms with Crippen LogP contribution in [0.25, 0.3) is 11.0 Å². The van der Waals surface area contributed by atoms with Crippen LogP contribution in [0.3, 0.4) is 0 Å². The average Bonchev–Trinajstić information content (AvgIpc) is 2.55. The molecule has 2 aromatic heterocycles. The summed E-state index contributed by atoms with van der Waals surface area (Å²) in [6.45, 7) is 4.42. The topological polar surface area (TPSA) is 84.7 Å². The molecule has 0 aliphatic carbocycles. The first-order chi connectivity index (χ1) is 11.1. The van der Waals surface area contributed by atoms with E-state index in [1.165, 1.54) is 6.20 Å². The summed E-state index contributed by atoms with van der Waals surface area (Å²) in [5.74, 6) is -1.23. The van der Waals surface area contributed by atoms with Crippen LogP contribution < -0.4 is 5.43 Å². The predicted octanol–water partition coefficient (Wildman–Crippen LogP) is 1.19. The van der Waals surface area contributed by atoms with Crippen molar-refractivity contribution >= 4 is 32.9 Å². The lowest BCUT2D eigenvalue weighted by atomic mass is 10.2. The zero-order valence-electron chi connectivity index (χ0n) is 12.4. The highest BCUT2D eigenvalue weighted by Gasteiger charge is 2.17. The molecule has 1 aliphatic heterocycles. The molecule has 7 nitrogen and oxygen atoms in total. The Kier molecular flexibility index (Phi) is 4.74. The molecule has 1 saturated heterocycles. The number of pyridine rings is 2. The summed E-state index contributed by atoms with van der Waals surface area (Å²) >= 11 is 3.27. The van der Waals surface area contributed by atoms with Gasteiger partial charge in [0.25, 0.3) is 0 Å². The fourth-order valence-electron chi connectivity index (χ4n) is 2.65. The standard InChI is InChI=1S/C15H16BrN3O4/c16-10-7-11-13(20)12(15(21)22)9-19(14(11)17-8-10)2-1-18-3-5-23-6-4-18/h7-9H,1-6H2,(H,21,22). The van der Waals surface area contributed by atoms with Crippen LogP contribution in [0.4, 0.5) is 0 Å². The van der Waals surface area contributed by atoms with Gasteiger partial charge in [-0.05, 0) is 22.0 Å². The number of aromatic nitrogens is 2. The number of hydrogen-bond acceptors (Lipinski definition) is 5. The van der Waals surface area contributed by atoms with Gasteiger partial charge < -0.3 is 14.4 Å². The third-order valence-corrected chi connectivity index (χ3v) is 4.30. The lowest BCUT2D eigenvalue weighted by molar-refractivity contribution is 0.0365. The highest BCUT2D eigenvalue weighted by Crippen LogP contribution is 2.16. The summed E-state index contributed by atoms with van der Waals surface area (Å²) < 4.78 is 7.70. The second-order valence-electron chi connectivity index (χ2n) is 5.35. The summed E-state index contributed by atoms with van der Waals surface area (Å²) in [7, 11) is 0. The monoisotopic (exact) mass is 381 g/mol. The van der Waals surface area contributed by atoms with Gasteiger partial charge in [-0.15, -0.1) is 0 Å². The number of halogens is 1. The van der Waals surface area contributed by atoms with Crippen LogP contribution in [0, 0.1) is 0 Å². The number of carbonyl (C=O) groups is 1. The summed E-state index contributed by atoms with van der Waals surface area (Å²) in [5, 5.41) is 9.57. The first-order valence-electron chi connectivity index (χ1n) is 7.28. The number of ether oxygens (including phenoxy) is 1. The molecule has 0 atom stereocenters. The number of aromatic carboxylic acids is 1. The maximum atomic E-state index is 12.3. The SMILES string of the molecule is O=C(O)c1cn(CCN2CCOCC2)c2ncc(Br)cc2c1=O. The second-order valence-corrected chi connectivity index (χ2v) is 6.26. The summed E-state index contributed by atoms with van der Waals surface area (Å²) in [5.41, 5.74) is -0.250. The molecule has 0 saturated carbocycles. The van der Waals surface area contributed by atoms with E-state index >= 15 is 0 Å². The van der Waals surface area contributed by atoms with E-state index in [0.717, 1.165) is 19.6 Å². The number of rotatable bonds is 4. The van der Waals surface area contributed by atoms with Crippen LogP contribution in [0.1, 0.15) is 10.4 Å². The first kappa shape index (κ1) is 16.1. The number of carboxylic acids is 1. The van der Waals surface area contributed by atoms with Gasteiger partial charge in [0, 0.05) is 43.0 Å². The maximum Gasteiger partial charge on any atom is 0.341 e. The van der Waals surface area contributed by atoms with Crippen molar-refractivity contribution in [3.05, 3.63) is 38.7 Å². The van der Waals surface area contributed by atoms with Crippen molar-refractivity contribution in [2.45, 2.75) is 6.54 Å². The van der Waals surface area contributed by atoms with Gasteiger partial charge in [0.2, 0.25) is 5.43 Å². The van der Waals surface area contributed by atoms with E-state index < -0.39 is 11.4 Å². The van der Waals surface area contributed by atoms with E-state index in [1.54, 1.807) is 16.8 Å². The van der Waals surface area contributed by atoms with Crippen LogP contribution in [0.2, 0.25) is 0 Å². The van der Waals surface area contributed by atoms with Gasteiger partial charge in [-0.3, -0.25) is 9.69 Å². The molecular formula is C15H16BrN3O4. The lowest BCUT2D eigenvalue weighted by Crippen LogP contribution is -2.38. The highest BCUT2D eigenvalue weighted by atomic mass is 79.9. The van der Waals surface area contributed by atoms with Crippen molar-refractivity contribution in [1.29, 1.82) is 0 Å². The van der Waals surface area contributed by atoms with Crippen molar-refractivity contribution in [3.63, 3.8) is 0 Å². The molecule has 0 amide bonds. The van der Waals surface area contributed by atoms with Crippen LogP contribution in [0.15, 0.2) is 27.7 Å². The second kappa shape index (κ2) is 6.77. The Hall–Kier alpha value is -1.77. The molecule has 2 aromatic rings. The molecule has 0 bridgehead atoms. The van der Waals surface area contributed by atoms with Crippen molar-refractivity contribution in [1.82, 2.24) is 14.5 Å². The van der Waals surface area contributed by atoms with Gasteiger partial charge in [0.05, 0.1) is 18.6 Å². The molecule has 3 heterocycles. The van der Waals surface area contributed by atoms with E-state index in [0.29, 0.717) is 35.3 Å². The van der Waals surface area contributed by atoms with Crippen molar-refractivity contribution < 1.29 is 14.6 Å². The van der Waals surface area contributed by atoms with Crippen molar-refractivity contribution in [2.75, 3.05) is 32.8 Å².